The van der Waals surface area contributed by atoms with Gasteiger partial charge in [-0.15, -0.1) is 0 Å². The lowest BCUT2D eigenvalue weighted by Crippen LogP contribution is -2.36. The number of carbonyl (C=O) groups is 2. The maximum Gasteiger partial charge on any atom is 0.331 e. The van der Waals surface area contributed by atoms with Crippen molar-refractivity contribution in [2.75, 3.05) is 11.4 Å². The number of aromatic nitrogens is 1. The van der Waals surface area contributed by atoms with Gasteiger partial charge in [-0.1, -0.05) is 22.9 Å². The van der Waals surface area contributed by atoms with Crippen LogP contribution in [0.2, 0.25) is 0 Å². The van der Waals surface area contributed by atoms with E-state index in [1.807, 2.05) is 49.5 Å². The molecule has 0 fully saturated rings. The molecule has 25 heavy (non-hydrogen) atoms. The summed E-state index contributed by atoms with van der Waals surface area (Å²) in [4.78, 5) is 29.9. The van der Waals surface area contributed by atoms with Crippen molar-refractivity contribution < 1.29 is 14.4 Å². The fraction of sp³-hybridized carbons (Fsp3) is 0.316. The molecule has 1 aliphatic rings. The van der Waals surface area contributed by atoms with E-state index in [-0.39, 0.29) is 11.8 Å². The average Bonchev–Trinajstić information content (AvgIpc) is 3.12. The normalized spacial score (nSPS) is 17.4. The molecular formula is C19H21N3O3. The first-order valence-electron chi connectivity index (χ1n) is 8.21. The van der Waals surface area contributed by atoms with Gasteiger partial charge in [0, 0.05) is 44.7 Å². The summed E-state index contributed by atoms with van der Waals surface area (Å²) in [6.45, 7) is 6.05. The van der Waals surface area contributed by atoms with Crippen LogP contribution in [0.3, 0.4) is 0 Å². The largest absolute Gasteiger partial charge is 0.346 e. The molecule has 1 aromatic carbocycles. The predicted molar refractivity (Wildman–Crippen MR) is 95.4 cm³/mol. The molecule has 0 radical (unpaired) electrons. The maximum atomic E-state index is 12.2. The summed E-state index contributed by atoms with van der Waals surface area (Å²) in [6.07, 6.45) is 1.96. The Hall–Kier alpha value is -2.89. The number of aryl methyl sites for hydroxylation is 1. The molecule has 1 atom stereocenters. The van der Waals surface area contributed by atoms with Gasteiger partial charge in [0.25, 0.3) is 0 Å². The minimum absolute atomic E-state index is 0.0349. The topological polar surface area (TPSA) is 63.9 Å². The van der Waals surface area contributed by atoms with Crippen molar-refractivity contribution in [3.8, 4) is 0 Å². The van der Waals surface area contributed by atoms with E-state index in [2.05, 4.69) is 9.72 Å². The first-order valence-corrected chi connectivity index (χ1v) is 8.21. The van der Waals surface area contributed by atoms with E-state index in [4.69, 9.17) is 4.84 Å². The molecular weight excluding hydrogens is 318 g/mol. The van der Waals surface area contributed by atoms with E-state index in [9.17, 15) is 9.59 Å². The highest BCUT2D eigenvalue weighted by Crippen LogP contribution is 2.26. The van der Waals surface area contributed by atoms with Crippen LogP contribution in [-0.4, -0.2) is 28.7 Å². The Morgan fingerprint density at radius 1 is 1.24 bits per heavy atom. The zero-order chi connectivity index (χ0) is 18.0. The summed E-state index contributed by atoms with van der Waals surface area (Å²) >= 11 is 0. The van der Waals surface area contributed by atoms with Gasteiger partial charge in [0.15, 0.2) is 0 Å². The van der Waals surface area contributed by atoms with E-state index in [1.165, 1.54) is 6.92 Å². The van der Waals surface area contributed by atoms with Crippen molar-refractivity contribution in [3.05, 3.63) is 53.9 Å². The Balaban J connectivity index is 1.87. The Morgan fingerprint density at radius 3 is 2.60 bits per heavy atom. The Kier molecular flexibility index (Phi) is 4.70. The van der Waals surface area contributed by atoms with Crippen LogP contribution in [0.5, 0.6) is 0 Å². The fourth-order valence-corrected chi connectivity index (χ4v) is 3.08. The maximum absolute atomic E-state index is 12.2. The SMILES string of the molecule is CC(=O)ON=C1c2cccn2C[C@@H]1CN(C(C)=O)c1ccc(C)cc1. The van der Waals surface area contributed by atoms with Crippen LogP contribution in [0.25, 0.3) is 0 Å². The number of carbonyl (C=O) groups excluding carboxylic acids is 2. The van der Waals surface area contributed by atoms with Crippen LogP contribution in [0.1, 0.15) is 25.1 Å². The van der Waals surface area contributed by atoms with Gasteiger partial charge in [0.1, 0.15) is 5.71 Å². The molecule has 1 aromatic heterocycles. The molecule has 0 saturated carbocycles. The molecule has 130 valence electrons. The molecule has 2 heterocycles. The third-order valence-electron chi connectivity index (χ3n) is 4.30. The summed E-state index contributed by atoms with van der Waals surface area (Å²) in [7, 11) is 0. The highest BCUT2D eigenvalue weighted by Gasteiger charge is 2.32. The summed E-state index contributed by atoms with van der Waals surface area (Å²) in [5.41, 5.74) is 3.60. The fourth-order valence-electron chi connectivity index (χ4n) is 3.08. The Labute approximate surface area is 146 Å². The lowest BCUT2D eigenvalue weighted by atomic mass is 10.0. The lowest BCUT2D eigenvalue weighted by Gasteiger charge is -2.24. The van der Waals surface area contributed by atoms with Crippen molar-refractivity contribution in [2.24, 2.45) is 11.1 Å². The number of oxime groups is 1. The van der Waals surface area contributed by atoms with Crippen molar-refractivity contribution in [1.82, 2.24) is 4.57 Å². The third-order valence-corrected chi connectivity index (χ3v) is 4.30. The van der Waals surface area contributed by atoms with E-state index < -0.39 is 5.97 Å². The van der Waals surface area contributed by atoms with Gasteiger partial charge >= 0.3 is 5.97 Å². The van der Waals surface area contributed by atoms with E-state index >= 15 is 0 Å². The van der Waals surface area contributed by atoms with Gasteiger partial charge in [0.05, 0.1) is 5.69 Å². The van der Waals surface area contributed by atoms with Gasteiger partial charge in [-0.25, -0.2) is 4.79 Å². The van der Waals surface area contributed by atoms with Gasteiger partial charge in [0.2, 0.25) is 5.91 Å². The number of hydrogen-bond donors (Lipinski definition) is 0. The Bertz CT molecular complexity index is 821. The quantitative estimate of drug-likeness (QED) is 0.635. The monoisotopic (exact) mass is 339 g/mol. The standard InChI is InChI=1S/C19H21N3O3/c1-13-6-8-17(9-7-13)22(14(2)23)12-16-11-21-10-4-5-18(21)19(16)20-25-15(3)24/h4-10,16H,11-12H2,1-3H3/t16-/m1/s1. The molecule has 6 nitrogen and oxygen atoms in total. The number of fused-ring (bicyclic) bond motifs is 1. The first kappa shape index (κ1) is 17.0. The number of hydrogen-bond acceptors (Lipinski definition) is 4. The summed E-state index contributed by atoms with van der Waals surface area (Å²) in [5, 5.41) is 4.05. The predicted octanol–water partition coefficient (Wildman–Crippen LogP) is 2.75. The molecule has 0 aliphatic carbocycles. The van der Waals surface area contributed by atoms with E-state index in [0.29, 0.717) is 18.8 Å². The van der Waals surface area contributed by atoms with Crippen molar-refractivity contribution in [2.45, 2.75) is 27.3 Å². The summed E-state index contributed by atoms with van der Waals surface area (Å²) in [6, 6.07) is 11.7. The first-order chi connectivity index (χ1) is 12.0. The molecule has 0 spiro atoms. The van der Waals surface area contributed by atoms with E-state index in [1.54, 1.807) is 11.8 Å². The Morgan fingerprint density at radius 2 is 1.96 bits per heavy atom. The lowest BCUT2D eigenvalue weighted by molar-refractivity contribution is -0.141. The summed E-state index contributed by atoms with van der Waals surface area (Å²) < 4.78 is 2.06. The second-order valence-electron chi connectivity index (χ2n) is 6.27. The average molecular weight is 339 g/mol. The van der Waals surface area contributed by atoms with Crippen molar-refractivity contribution in [1.29, 1.82) is 0 Å². The minimum Gasteiger partial charge on any atom is -0.346 e. The van der Waals surface area contributed by atoms with Crippen LogP contribution in [-0.2, 0) is 21.0 Å². The molecule has 0 N–H and O–H groups in total. The van der Waals surface area contributed by atoms with Crippen molar-refractivity contribution in [3.63, 3.8) is 0 Å². The van der Waals surface area contributed by atoms with Crippen LogP contribution in [0.4, 0.5) is 5.69 Å². The number of amides is 1. The molecule has 1 amide bonds. The minimum atomic E-state index is -0.460. The van der Waals surface area contributed by atoms with Gasteiger partial charge in [-0.2, -0.15) is 0 Å². The zero-order valence-corrected chi connectivity index (χ0v) is 14.6. The van der Waals surface area contributed by atoms with Crippen LogP contribution < -0.4 is 4.90 Å². The van der Waals surface area contributed by atoms with Gasteiger partial charge in [-0.3, -0.25) is 4.79 Å². The smallest absolute Gasteiger partial charge is 0.331 e. The number of anilines is 1. The zero-order valence-electron chi connectivity index (χ0n) is 14.6. The molecule has 1 aliphatic heterocycles. The van der Waals surface area contributed by atoms with Crippen molar-refractivity contribution >= 4 is 23.3 Å². The van der Waals surface area contributed by atoms with Crippen LogP contribution >= 0.6 is 0 Å². The van der Waals surface area contributed by atoms with Gasteiger partial charge < -0.3 is 14.3 Å². The molecule has 0 saturated heterocycles. The highest BCUT2D eigenvalue weighted by atomic mass is 16.7. The van der Waals surface area contributed by atoms with Gasteiger partial charge in [-0.05, 0) is 31.2 Å². The molecule has 2 aromatic rings. The molecule has 0 bridgehead atoms. The molecule has 0 unspecified atom stereocenters. The number of nitrogens with zero attached hydrogens (tertiary/aromatic N) is 3. The highest BCUT2D eigenvalue weighted by molar-refractivity contribution is 6.04. The molecule has 3 rings (SSSR count). The van der Waals surface area contributed by atoms with E-state index in [0.717, 1.165) is 16.9 Å². The van der Waals surface area contributed by atoms with Crippen LogP contribution in [0.15, 0.2) is 47.8 Å². The second kappa shape index (κ2) is 6.93. The second-order valence-corrected chi connectivity index (χ2v) is 6.27. The third kappa shape index (κ3) is 3.63. The number of rotatable bonds is 4. The van der Waals surface area contributed by atoms with Crippen LogP contribution in [0, 0.1) is 12.8 Å². The summed E-state index contributed by atoms with van der Waals surface area (Å²) in [5.74, 6) is -0.536. The molecule has 6 heteroatoms. The number of benzene rings is 1.